The molecule has 15 heavy (non-hydrogen) atoms. The lowest BCUT2D eigenvalue weighted by Gasteiger charge is -2.09. The number of likely N-dealkylation sites (N-methyl/N-ethyl adjacent to an activating group) is 1. The highest BCUT2D eigenvalue weighted by Crippen LogP contribution is 2.08. The van der Waals surface area contributed by atoms with Crippen LogP contribution in [0.5, 0.6) is 0 Å². The zero-order valence-corrected chi connectivity index (χ0v) is 10.2. The van der Waals surface area contributed by atoms with Gasteiger partial charge in [-0.3, -0.25) is 4.79 Å². The number of carbonyl (C=O) groups is 1. The van der Waals surface area contributed by atoms with Gasteiger partial charge in [-0.1, -0.05) is 0 Å². The van der Waals surface area contributed by atoms with Gasteiger partial charge in [0.2, 0.25) is 5.91 Å². The Kier molecular flexibility index (Phi) is 4.71. The van der Waals surface area contributed by atoms with E-state index in [0.29, 0.717) is 13.0 Å². The maximum Gasteiger partial charge on any atom is 0.226 e. The summed E-state index contributed by atoms with van der Waals surface area (Å²) < 4.78 is 0. The van der Waals surface area contributed by atoms with Gasteiger partial charge in [-0.05, 0) is 21.0 Å². The summed E-state index contributed by atoms with van der Waals surface area (Å²) in [5, 5.41) is 5.70. The van der Waals surface area contributed by atoms with Crippen LogP contribution in [0.2, 0.25) is 0 Å². The third kappa shape index (κ3) is 4.90. The molecule has 1 heterocycles. The second kappa shape index (κ2) is 5.82. The summed E-state index contributed by atoms with van der Waals surface area (Å²) in [6, 6.07) is 0. The van der Waals surface area contributed by atoms with Crippen LogP contribution in [0.4, 0.5) is 0 Å². The highest BCUT2D eigenvalue weighted by molar-refractivity contribution is 7.09. The van der Waals surface area contributed by atoms with Crippen molar-refractivity contribution in [1.82, 2.24) is 15.2 Å². The molecule has 0 atom stereocenters. The van der Waals surface area contributed by atoms with Gasteiger partial charge in [0.15, 0.2) is 0 Å². The van der Waals surface area contributed by atoms with Crippen LogP contribution in [-0.4, -0.2) is 43.0 Å². The summed E-state index contributed by atoms with van der Waals surface area (Å²) >= 11 is 1.54. The van der Waals surface area contributed by atoms with Crippen LogP contribution < -0.4 is 5.32 Å². The fourth-order valence-electron chi connectivity index (χ4n) is 1.10. The summed E-state index contributed by atoms with van der Waals surface area (Å²) in [6.45, 7) is 3.49. The molecule has 0 aromatic carbocycles. The summed E-state index contributed by atoms with van der Waals surface area (Å²) in [7, 11) is 3.96. The SMILES string of the molecule is Cc1csc(CC(=O)NCCN(C)C)n1. The Morgan fingerprint density at radius 2 is 2.33 bits per heavy atom. The quantitative estimate of drug-likeness (QED) is 0.804. The van der Waals surface area contributed by atoms with Crippen molar-refractivity contribution in [1.29, 1.82) is 0 Å². The smallest absolute Gasteiger partial charge is 0.226 e. The monoisotopic (exact) mass is 227 g/mol. The van der Waals surface area contributed by atoms with Crippen molar-refractivity contribution < 1.29 is 4.79 Å². The Morgan fingerprint density at radius 1 is 1.60 bits per heavy atom. The van der Waals surface area contributed by atoms with E-state index >= 15 is 0 Å². The molecule has 0 bridgehead atoms. The molecule has 84 valence electrons. The molecule has 1 rings (SSSR count). The molecule has 0 saturated heterocycles. The molecule has 0 aliphatic rings. The van der Waals surface area contributed by atoms with Gasteiger partial charge in [0.25, 0.3) is 0 Å². The van der Waals surface area contributed by atoms with Crippen molar-refractivity contribution in [3.05, 3.63) is 16.1 Å². The van der Waals surface area contributed by atoms with E-state index < -0.39 is 0 Å². The second-order valence-electron chi connectivity index (χ2n) is 3.71. The van der Waals surface area contributed by atoms with E-state index in [2.05, 4.69) is 10.3 Å². The summed E-state index contributed by atoms with van der Waals surface area (Å²) in [5.74, 6) is 0.0474. The van der Waals surface area contributed by atoms with E-state index in [1.807, 2.05) is 31.3 Å². The van der Waals surface area contributed by atoms with Crippen molar-refractivity contribution in [3.8, 4) is 0 Å². The molecule has 4 nitrogen and oxygen atoms in total. The van der Waals surface area contributed by atoms with E-state index in [1.165, 1.54) is 11.3 Å². The first kappa shape index (κ1) is 12.1. The molecule has 0 aliphatic carbocycles. The van der Waals surface area contributed by atoms with Crippen LogP contribution in [0.3, 0.4) is 0 Å². The van der Waals surface area contributed by atoms with Crippen LogP contribution in [0.15, 0.2) is 5.38 Å². The molecular formula is C10H17N3OS. The molecule has 1 aromatic heterocycles. The van der Waals surface area contributed by atoms with E-state index in [9.17, 15) is 4.79 Å². The maximum absolute atomic E-state index is 11.4. The molecule has 0 spiro atoms. The van der Waals surface area contributed by atoms with Crippen molar-refractivity contribution >= 4 is 17.2 Å². The Labute approximate surface area is 94.3 Å². The van der Waals surface area contributed by atoms with Crippen LogP contribution in [0.25, 0.3) is 0 Å². The van der Waals surface area contributed by atoms with Gasteiger partial charge in [0.05, 0.1) is 6.42 Å². The highest BCUT2D eigenvalue weighted by Gasteiger charge is 2.05. The minimum absolute atomic E-state index is 0.0474. The number of carbonyl (C=O) groups excluding carboxylic acids is 1. The van der Waals surface area contributed by atoms with E-state index in [1.54, 1.807) is 0 Å². The topological polar surface area (TPSA) is 45.2 Å². The molecule has 0 saturated carbocycles. The van der Waals surface area contributed by atoms with Gasteiger partial charge in [-0.2, -0.15) is 0 Å². The Morgan fingerprint density at radius 3 is 2.87 bits per heavy atom. The number of rotatable bonds is 5. The third-order valence-electron chi connectivity index (χ3n) is 1.86. The zero-order valence-electron chi connectivity index (χ0n) is 9.41. The number of thiazole rings is 1. The molecule has 1 amide bonds. The minimum atomic E-state index is 0.0474. The summed E-state index contributed by atoms with van der Waals surface area (Å²) in [6.07, 6.45) is 0.395. The number of aromatic nitrogens is 1. The molecule has 1 aromatic rings. The fraction of sp³-hybridized carbons (Fsp3) is 0.600. The van der Waals surface area contributed by atoms with Crippen molar-refractivity contribution in [2.75, 3.05) is 27.2 Å². The lowest BCUT2D eigenvalue weighted by molar-refractivity contribution is -0.120. The Hall–Kier alpha value is -0.940. The average molecular weight is 227 g/mol. The van der Waals surface area contributed by atoms with Gasteiger partial charge in [0, 0.05) is 24.2 Å². The van der Waals surface area contributed by atoms with Crippen LogP contribution in [0, 0.1) is 6.92 Å². The largest absolute Gasteiger partial charge is 0.354 e. The number of amides is 1. The van der Waals surface area contributed by atoms with Crippen molar-refractivity contribution in [3.63, 3.8) is 0 Å². The first-order valence-electron chi connectivity index (χ1n) is 4.90. The van der Waals surface area contributed by atoms with E-state index in [-0.39, 0.29) is 5.91 Å². The first-order chi connectivity index (χ1) is 7.08. The van der Waals surface area contributed by atoms with E-state index in [0.717, 1.165) is 17.2 Å². The van der Waals surface area contributed by atoms with Crippen LogP contribution in [-0.2, 0) is 11.2 Å². The predicted octanol–water partition coefficient (Wildman–Crippen LogP) is 0.672. The van der Waals surface area contributed by atoms with Gasteiger partial charge in [0.1, 0.15) is 5.01 Å². The average Bonchev–Trinajstić information content (AvgIpc) is 2.50. The second-order valence-corrected chi connectivity index (χ2v) is 4.66. The molecule has 5 heteroatoms. The number of nitrogens with one attached hydrogen (secondary N) is 1. The molecule has 0 unspecified atom stereocenters. The Balaban J connectivity index is 2.24. The van der Waals surface area contributed by atoms with Gasteiger partial charge >= 0.3 is 0 Å². The lowest BCUT2D eigenvalue weighted by atomic mass is 10.4. The molecular weight excluding hydrogens is 210 g/mol. The summed E-state index contributed by atoms with van der Waals surface area (Å²) in [5.41, 5.74) is 0.982. The van der Waals surface area contributed by atoms with Gasteiger partial charge < -0.3 is 10.2 Å². The maximum atomic E-state index is 11.4. The standard InChI is InChI=1S/C10H17N3OS/c1-8-7-15-10(12-8)6-9(14)11-4-5-13(2)3/h7H,4-6H2,1-3H3,(H,11,14). The Bertz CT molecular complexity index is 322. The number of hydrogen-bond acceptors (Lipinski definition) is 4. The molecule has 0 aliphatic heterocycles. The van der Waals surface area contributed by atoms with Crippen LogP contribution in [0.1, 0.15) is 10.7 Å². The van der Waals surface area contributed by atoms with Crippen molar-refractivity contribution in [2.24, 2.45) is 0 Å². The summed E-state index contributed by atoms with van der Waals surface area (Å²) in [4.78, 5) is 17.7. The lowest BCUT2D eigenvalue weighted by Crippen LogP contribution is -2.32. The zero-order chi connectivity index (χ0) is 11.3. The molecule has 0 radical (unpaired) electrons. The van der Waals surface area contributed by atoms with Gasteiger partial charge in [-0.15, -0.1) is 11.3 Å². The van der Waals surface area contributed by atoms with Crippen LogP contribution >= 0.6 is 11.3 Å². The first-order valence-corrected chi connectivity index (χ1v) is 5.78. The number of hydrogen-bond donors (Lipinski definition) is 1. The third-order valence-corrected chi connectivity index (χ3v) is 2.83. The fourth-order valence-corrected chi connectivity index (χ4v) is 1.87. The number of nitrogens with zero attached hydrogens (tertiary/aromatic N) is 2. The van der Waals surface area contributed by atoms with E-state index in [4.69, 9.17) is 0 Å². The molecule has 1 N–H and O–H groups in total. The molecule has 0 fully saturated rings. The predicted molar refractivity (Wildman–Crippen MR) is 62.1 cm³/mol. The minimum Gasteiger partial charge on any atom is -0.354 e. The number of aryl methyl sites for hydroxylation is 1. The highest BCUT2D eigenvalue weighted by atomic mass is 32.1. The van der Waals surface area contributed by atoms with Gasteiger partial charge in [-0.25, -0.2) is 4.98 Å². The van der Waals surface area contributed by atoms with Crippen molar-refractivity contribution in [2.45, 2.75) is 13.3 Å². The normalized spacial score (nSPS) is 10.7.